The van der Waals surface area contributed by atoms with Crippen LogP contribution in [0.15, 0.2) is 42.5 Å². The van der Waals surface area contributed by atoms with Gasteiger partial charge in [-0.2, -0.15) is 0 Å². The van der Waals surface area contributed by atoms with Gasteiger partial charge in [0, 0.05) is 29.7 Å². The van der Waals surface area contributed by atoms with Gasteiger partial charge in [0.1, 0.15) is 11.6 Å². The van der Waals surface area contributed by atoms with Crippen LogP contribution >= 0.6 is 0 Å². The number of amides is 2. The molecule has 2 fully saturated rings. The lowest BCUT2D eigenvalue weighted by Gasteiger charge is -2.19. The number of anilines is 1. The number of carbonyl (C=O) groups is 2. The van der Waals surface area contributed by atoms with Crippen LogP contribution in [0.25, 0.3) is 22.0 Å². The van der Waals surface area contributed by atoms with Gasteiger partial charge in [0.2, 0.25) is 11.8 Å². The molecule has 32 heavy (non-hydrogen) atoms. The van der Waals surface area contributed by atoms with Crippen LogP contribution in [0.1, 0.15) is 57.8 Å². The molecule has 1 aliphatic carbocycles. The van der Waals surface area contributed by atoms with Crippen LogP contribution in [0, 0.1) is 0 Å². The molecule has 6 nitrogen and oxygen atoms in total. The molecule has 0 unspecified atom stereocenters. The lowest BCUT2D eigenvalue weighted by molar-refractivity contribution is -0.139. The number of hydrogen-bond donors (Lipinski definition) is 1. The molecule has 2 heterocycles. The second-order valence-electron chi connectivity index (χ2n) is 9.87. The zero-order chi connectivity index (χ0) is 22.5. The lowest BCUT2D eigenvalue weighted by Crippen LogP contribution is -2.28. The summed E-state index contributed by atoms with van der Waals surface area (Å²) in [5.41, 5.74) is 3.85. The zero-order valence-corrected chi connectivity index (χ0v) is 18.8. The Kier molecular flexibility index (Phi) is 4.96. The van der Waals surface area contributed by atoms with Crippen LogP contribution in [0.5, 0.6) is 0 Å². The molecule has 5 rings (SSSR count). The summed E-state index contributed by atoms with van der Waals surface area (Å²) in [6.45, 7) is 6.71. The number of hydrogen-bond acceptors (Lipinski definition) is 5. The van der Waals surface area contributed by atoms with Crippen LogP contribution in [0.3, 0.4) is 0 Å². The summed E-state index contributed by atoms with van der Waals surface area (Å²) in [5, 5.41) is 4.60. The number of likely N-dealkylation sites (tertiary alicyclic amines) is 1. The number of imide groups is 1. The predicted octanol–water partition coefficient (Wildman–Crippen LogP) is 4.82. The highest BCUT2D eigenvalue weighted by molar-refractivity contribution is 6.01. The maximum absolute atomic E-state index is 12.0. The van der Waals surface area contributed by atoms with Crippen molar-refractivity contribution in [2.75, 3.05) is 5.32 Å². The van der Waals surface area contributed by atoms with Gasteiger partial charge < -0.3 is 5.32 Å². The summed E-state index contributed by atoms with van der Waals surface area (Å²) in [6.07, 6.45) is 2.98. The van der Waals surface area contributed by atoms with Gasteiger partial charge in [0.25, 0.3) is 0 Å². The number of nitrogens with zero attached hydrogens (tertiary/aromatic N) is 3. The fourth-order valence-corrected chi connectivity index (χ4v) is 4.01. The number of fused-ring (bicyclic) bond motifs is 1. The van der Waals surface area contributed by atoms with Gasteiger partial charge in [0.05, 0.1) is 12.1 Å². The monoisotopic (exact) mass is 428 g/mol. The van der Waals surface area contributed by atoms with E-state index in [4.69, 9.17) is 9.97 Å². The van der Waals surface area contributed by atoms with Gasteiger partial charge >= 0.3 is 0 Å². The molecule has 2 amide bonds. The zero-order valence-electron chi connectivity index (χ0n) is 18.8. The Morgan fingerprint density at radius 1 is 0.969 bits per heavy atom. The fraction of sp³-hybridized carbons (Fsp3) is 0.385. The molecular weight excluding hydrogens is 400 g/mol. The normalized spacial score (nSPS) is 16.8. The maximum atomic E-state index is 12.0. The molecule has 1 saturated carbocycles. The summed E-state index contributed by atoms with van der Waals surface area (Å²) in [5.74, 6) is 1.55. The van der Waals surface area contributed by atoms with Crippen molar-refractivity contribution < 1.29 is 9.59 Å². The van der Waals surface area contributed by atoms with Gasteiger partial charge in [-0.3, -0.25) is 14.5 Å². The number of aromatic nitrogens is 2. The fourth-order valence-electron chi connectivity index (χ4n) is 4.01. The predicted molar refractivity (Wildman–Crippen MR) is 125 cm³/mol. The average Bonchev–Trinajstić information content (AvgIpc) is 3.53. The summed E-state index contributed by atoms with van der Waals surface area (Å²) in [4.78, 5) is 35.1. The molecule has 0 atom stereocenters. The second kappa shape index (κ2) is 7.69. The van der Waals surface area contributed by atoms with E-state index in [1.165, 1.54) is 17.7 Å². The number of carbonyl (C=O) groups excluding carboxylic acids is 2. The Balaban J connectivity index is 1.52. The first-order valence-corrected chi connectivity index (χ1v) is 11.3. The summed E-state index contributed by atoms with van der Waals surface area (Å²) >= 11 is 0. The van der Waals surface area contributed by atoms with Crippen LogP contribution in [-0.4, -0.2) is 32.7 Å². The Bertz CT molecular complexity index is 1210. The number of nitrogens with one attached hydrogen (secondary N) is 1. The van der Waals surface area contributed by atoms with Gasteiger partial charge in [0.15, 0.2) is 0 Å². The van der Waals surface area contributed by atoms with Crippen molar-refractivity contribution >= 4 is 28.5 Å². The van der Waals surface area contributed by atoms with Crippen LogP contribution < -0.4 is 5.32 Å². The van der Waals surface area contributed by atoms with Gasteiger partial charge in [-0.15, -0.1) is 0 Å². The second-order valence-corrected chi connectivity index (χ2v) is 9.87. The molecule has 1 saturated heterocycles. The van der Waals surface area contributed by atoms with Crippen molar-refractivity contribution in [1.82, 2.24) is 14.9 Å². The highest BCUT2D eigenvalue weighted by atomic mass is 16.2. The third-order valence-corrected chi connectivity index (χ3v) is 6.04. The minimum Gasteiger partial charge on any atom is -0.367 e. The molecule has 0 spiro atoms. The first-order chi connectivity index (χ1) is 15.3. The van der Waals surface area contributed by atoms with Crippen LogP contribution in [0.4, 0.5) is 5.82 Å². The van der Waals surface area contributed by atoms with E-state index < -0.39 is 0 Å². The molecule has 3 aromatic rings. The summed E-state index contributed by atoms with van der Waals surface area (Å²) in [7, 11) is 0. The third kappa shape index (κ3) is 4.09. The highest BCUT2D eigenvalue weighted by Crippen LogP contribution is 2.33. The minimum absolute atomic E-state index is 0.0892. The summed E-state index contributed by atoms with van der Waals surface area (Å²) in [6, 6.07) is 14.8. The Morgan fingerprint density at radius 3 is 2.38 bits per heavy atom. The van der Waals surface area contributed by atoms with E-state index >= 15 is 0 Å². The van der Waals surface area contributed by atoms with Gasteiger partial charge in [-0.05, 0) is 47.7 Å². The largest absolute Gasteiger partial charge is 0.367 e. The van der Waals surface area contributed by atoms with Crippen molar-refractivity contribution in [2.45, 2.75) is 64.5 Å². The SMILES string of the molecule is CC(C)(C)c1nc(NC2CC2)c2cc(-c3cccc(CN4C(=O)CCC4=O)c3)ccc2n1. The number of rotatable bonds is 5. The molecule has 2 aliphatic rings. The first-order valence-electron chi connectivity index (χ1n) is 11.3. The van der Waals surface area contributed by atoms with E-state index in [1.807, 2.05) is 12.1 Å². The molecule has 164 valence electrons. The summed E-state index contributed by atoms with van der Waals surface area (Å²) < 4.78 is 0. The molecule has 2 aromatic carbocycles. The smallest absolute Gasteiger partial charge is 0.229 e. The molecule has 0 radical (unpaired) electrons. The van der Waals surface area contributed by atoms with E-state index in [9.17, 15) is 9.59 Å². The van der Waals surface area contributed by atoms with Crippen LogP contribution in [0.2, 0.25) is 0 Å². The Labute approximate surface area is 188 Å². The molecule has 1 aromatic heterocycles. The van der Waals surface area contributed by atoms with Crippen molar-refractivity contribution in [3.05, 3.63) is 53.9 Å². The Morgan fingerprint density at radius 2 is 1.69 bits per heavy atom. The van der Waals surface area contributed by atoms with E-state index in [1.54, 1.807) is 0 Å². The molecule has 6 heteroatoms. The van der Waals surface area contributed by atoms with E-state index in [0.29, 0.717) is 25.4 Å². The molecule has 1 N–H and O–H groups in total. The first kappa shape index (κ1) is 20.6. The van der Waals surface area contributed by atoms with Crippen molar-refractivity contribution in [3.63, 3.8) is 0 Å². The average molecular weight is 429 g/mol. The highest BCUT2D eigenvalue weighted by Gasteiger charge is 2.29. The topological polar surface area (TPSA) is 75.2 Å². The standard InChI is InChI=1S/C26H28N4O2/c1-26(2,3)25-28-21-10-7-18(14-20(21)24(29-25)27-19-8-9-19)17-6-4-5-16(13-17)15-30-22(31)11-12-23(30)32/h4-7,10,13-14,19H,8-9,11-12,15H2,1-3H3,(H,27,28,29). The third-order valence-electron chi connectivity index (χ3n) is 6.04. The van der Waals surface area contributed by atoms with Crippen molar-refractivity contribution in [3.8, 4) is 11.1 Å². The van der Waals surface area contributed by atoms with E-state index in [2.05, 4.69) is 56.4 Å². The molecule has 1 aliphatic heterocycles. The quantitative estimate of drug-likeness (QED) is 0.590. The van der Waals surface area contributed by atoms with Crippen LogP contribution in [-0.2, 0) is 21.5 Å². The number of benzene rings is 2. The van der Waals surface area contributed by atoms with E-state index in [0.717, 1.165) is 39.2 Å². The minimum atomic E-state index is -0.133. The Hall–Kier alpha value is -3.28. The maximum Gasteiger partial charge on any atom is 0.229 e. The van der Waals surface area contributed by atoms with E-state index in [-0.39, 0.29) is 17.2 Å². The van der Waals surface area contributed by atoms with Gasteiger partial charge in [-0.25, -0.2) is 9.97 Å². The molecule has 0 bridgehead atoms. The van der Waals surface area contributed by atoms with Gasteiger partial charge in [-0.1, -0.05) is 45.0 Å². The molecular formula is C26H28N4O2. The lowest BCUT2D eigenvalue weighted by atomic mass is 9.95. The van der Waals surface area contributed by atoms with Crippen molar-refractivity contribution in [1.29, 1.82) is 0 Å². The van der Waals surface area contributed by atoms with Crippen molar-refractivity contribution in [2.24, 2.45) is 0 Å².